The molecule has 0 aliphatic rings. The van der Waals surface area contributed by atoms with Crippen molar-refractivity contribution >= 4 is 22.4 Å². The van der Waals surface area contributed by atoms with Gasteiger partial charge in [-0.05, 0) is 49.2 Å². The fourth-order valence-electron chi connectivity index (χ4n) is 4.21. The topological polar surface area (TPSA) is 69.9 Å². The van der Waals surface area contributed by atoms with Gasteiger partial charge in [-0.1, -0.05) is 30.3 Å². The van der Waals surface area contributed by atoms with Crippen LogP contribution in [-0.2, 0) is 11.3 Å². The second-order valence-electron chi connectivity index (χ2n) is 8.20. The summed E-state index contributed by atoms with van der Waals surface area (Å²) >= 11 is 0. The van der Waals surface area contributed by atoms with E-state index in [4.69, 9.17) is 18.6 Å². The monoisotopic (exact) mass is 471 g/mol. The number of allylic oxidation sites excluding steroid dienone is 1. The number of hydrogen-bond acceptors (Lipinski definition) is 5. The first-order valence-electron chi connectivity index (χ1n) is 11.3. The van der Waals surface area contributed by atoms with Crippen molar-refractivity contribution in [3.8, 4) is 28.4 Å². The molecule has 1 N–H and O–H groups in total. The van der Waals surface area contributed by atoms with Crippen LogP contribution in [0, 0.1) is 6.92 Å². The first-order chi connectivity index (χ1) is 17.0. The third-order valence-electron chi connectivity index (χ3n) is 6.04. The molecular formula is C29H29NO5. The SMILES string of the molecule is COc1ccc(CNC(=O)/C=C(\C)c2cc3c(-c4ccccc4OC)coc3c(C)c2OC)cc1. The van der Waals surface area contributed by atoms with Crippen LogP contribution in [0.5, 0.6) is 17.2 Å². The molecule has 3 aromatic carbocycles. The maximum Gasteiger partial charge on any atom is 0.244 e. The summed E-state index contributed by atoms with van der Waals surface area (Å²) in [5.41, 5.74) is 6.06. The van der Waals surface area contributed by atoms with E-state index in [0.29, 0.717) is 12.3 Å². The summed E-state index contributed by atoms with van der Waals surface area (Å²) in [7, 11) is 4.90. The van der Waals surface area contributed by atoms with E-state index in [-0.39, 0.29) is 5.91 Å². The van der Waals surface area contributed by atoms with Crippen molar-refractivity contribution in [1.82, 2.24) is 5.32 Å². The summed E-state index contributed by atoms with van der Waals surface area (Å²) in [5, 5.41) is 3.87. The van der Waals surface area contributed by atoms with E-state index in [2.05, 4.69) is 5.32 Å². The van der Waals surface area contributed by atoms with E-state index < -0.39 is 0 Å². The Morgan fingerprint density at radius 2 is 1.71 bits per heavy atom. The Hall–Kier alpha value is -4.19. The van der Waals surface area contributed by atoms with Gasteiger partial charge in [0.1, 0.15) is 22.8 Å². The summed E-state index contributed by atoms with van der Waals surface area (Å²) in [4.78, 5) is 12.7. The van der Waals surface area contributed by atoms with E-state index in [1.165, 1.54) is 0 Å². The van der Waals surface area contributed by atoms with Gasteiger partial charge in [-0.15, -0.1) is 0 Å². The number of ether oxygens (including phenoxy) is 3. The van der Waals surface area contributed by atoms with E-state index in [1.54, 1.807) is 33.7 Å². The highest BCUT2D eigenvalue weighted by atomic mass is 16.5. The number of benzene rings is 3. The molecule has 0 aliphatic heterocycles. The first kappa shape index (κ1) is 24.0. The largest absolute Gasteiger partial charge is 0.497 e. The van der Waals surface area contributed by atoms with Crippen molar-refractivity contribution in [2.75, 3.05) is 21.3 Å². The van der Waals surface area contributed by atoms with Crippen LogP contribution in [0.4, 0.5) is 0 Å². The number of nitrogens with one attached hydrogen (secondary N) is 1. The average Bonchev–Trinajstić information content (AvgIpc) is 3.31. The highest BCUT2D eigenvalue weighted by Crippen LogP contribution is 2.42. The van der Waals surface area contributed by atoms with E-state index in [9.17, 15) is 4.79 Å². The predicted molar refractivity (Wildman–Crippen MR) is 138 cm³/mol. The zero-order chi connectivity index (χ0) is 24.9. The second kappa shape index (κ2) is 10.4. The number of carbonyl (C=O) groups excluding carboxylic acids is 1. The quantitative estimate of drug-likeness (QED) is 0.312. The number of aryl methyl sites for hydroxylation is 1. The number of para-hydroxylation sites is 1. The lowest BCUT2D eigenvalue weighted by Gasteiger charge is -2.14. The molecule has 0 radical (unpaired) electrons. The number of hydrogen-bond donors (Lipinski definition) is 1. The molecule has 0 saturated carbocycles. The van der Waals surface area contributed by atoms with Gasteiger partial charge >= 0.3 is 0 Å². The normalized spacial score (nSPS) is 11.4. The molecule has 0 atom stereocenters. The van der Waals surface area contributed by atoms with Gasteiger partial charge in [-0.2, -0.15) is 0 Å². The Bertz CT molecular complexity index is 1380. The van der Waals surface area contributed by atoms with Gasteiger partial charge in [-0.25, -0.2) is 0 Å². The van der Waals surface area contributed by atoms with Crippen molar-refractivity contribution in [2.45, 2.75) is 20.4 Å². The van der Waals surface area contributed by atoms with E-state index >= 15 is 0 Å². The molecule has 0 saturated heterocycles. The zero-order valence-electron chi connectivity index (χ0n) is 20.6. The van der Waals surface area contributed by atoms with Crippen LogP contribution in [0.1, 0.15) is 23.6 Å². The summed E-state index contributed by atoms with van der Waals surface area (Å²) in [6, 6.07) is 17.4. The van der Waals surface area contributed by atoms with Crippen molar-refractivity contribution in [1.29, 1.82) is 0 Å². The highest BCUT2D eigenvalue weighted by molar-refractivity contribution is 6.02. The number of methoxy groups -OCH3 is 3. The maximum absolute atomic E-state index is 12.7. The number of rotatable bonds is 8. The Labute approximate surface area is 205 Å². The number of furan rings is 1. The average molecular weight is 472 g/mol. The zero-order valence-corrected chi connectivity index (χ0v) is 20.6. The van der Waals surface area contributed by atoms with Crippen LogP contribution in [-0.4, -0.2) is 27.2 Å². The van der Waals surface area contributed by atoms with Crippen molar-refractivity contribution in [3.05, 3.63) is 83.6 Å². The van der Waals surface area contributed by atoms with Gasteiger partial charge in [0.2, 0.25) is 5.91 Å². The Balaban J connectivity index is 1.67. The molecule has 4 aromatic rings. The van der Waals surface area contributed by atoms with E-state index in [1.807, 2.05) is 68.4 Å². The van der Waals surface area contributed by atoms with Crippen LogP contribution < -0.4 is 19.5 Å². The Kier molecular flexibility index (Phi) is 7.11. The standard InChI is InChI=1S/C29H29NO5/c1-18(14-27(31)30-16-20-10-12-21(32-3)13-11-20)23-15-24-25(22-8-6-7-9-26(22)33-4)17-35-29(24)19(2)28(23)34-5/h6-15,17H,16H2,1-5H3,(H,30,31)/b18-14+. The van der Waals surface area contributed by atoms with Crippen LogP contribution >= 0.6 is 0 Å². The molecule has 0 aliphatic carbocycles. The molecule has 4 rings (SSSR count). The minimum atomic E-state index is -0.185. The third kappa shape index (κ3) is 4.87. The third-order valence-corrected chi connectivity index (χ3v) is 6.04. The summed E-state index contributed by atoms with van der Waals surface area (Å²) in [6.45, 7) is 4.28. The number of amides is 1. The van der Waals surface area contributed by atoms with Gasteiger partial charge in [0.25, 0.3) is 0 Å². The van der Waals surface area contributed by atoms with Crippen LogP contribution in [0.3, 0.4) is 0 Å². The van der Waals surface area contributed by atoms with Gasteiger partial charge in [0, 0.05) is 40.3 Å². The Morgan fingerprint density at radius 1 is 0.971 bits per heavy atom. The fourth-order valence-corrected chi connectivity index (χ4v) is 4.21. The summed E-state index contributed by atoms with van der Waals surface area (Å²) in [5.74, 6) is 2.03. The molecule has 0 unspecified atom stereocenters. The Morgan fingerprint density at radius 3 is 2.40 bits per heavy atom. The molecule has 1 aromatic heterocycles. The lowest BCUT2D eigenvalue weighted by molar-refractivity contribution is -0.116. The molecule has 6 nitrogen and oxygen atoms in total. The van der Waals surface area contributed by atoms with Crippen LogP contribution in [0.15, 0.2) is 71.4 Å². The molecule has 180 valence electrons. The summed E-state index contributed by atoms with van der Waals surface area (Å²) < 4.78 is 22.4. The molecule has 1 amide bonds. The molecule has 0 spiro atoms. The first-order valence-corrected chi connectivity index (χ1v) is 11.3. The fraction of sp³-hybridized carbons (Fsp3) is 0.207. The lowest BCUT2D eigenvalue weighted by Crippen LogP contribution is -2.20. The second-order valence-corrected chi connectivity index (χ2v) is 8.20. The lowest BCUT2D eigenvalue weighted by atomic mass is 9.96. The van der Waals surface area contributed by atoms with Gasteiger partial charge in [0.05, 0.1) is 27.6 Å². The predicted octanol–water partition coefficient (Wildman–Crippen LogP) is 6.15. The van der Waals surface area contributed by atoms with Crippen LogP contribution in [0.25, 0.3) is 27.7 Å². The van der Waals surface area contributed by atoms with Crippen LogP contribution in [0.2, 0.25) is 0 Å². The number of fused-ring (bicyclic) bond motifs is 1. The molecule has 35 heavy (non-hydrogen) atoms. The van der Waals surface area contributed by atoms with Gasteiger partial charge in [0.15, 0.2) is 0 Å². The minimum absolute atomic E-state index is 0.185. The molecule has 0 bridgehead atoms. The van der Waals surface area contributed by atoms with E-state index in [0.717, 1.165) is 55.9 Å². The molecule has 1 heterocycles. The highest BCUT2D eigenvalue weighted by Gasteiger charge is 2.20. The van der Waals surface area contributed by atoms with Crippen molar-refractivity contribution in [2.24, 2.45) is 0 Å². The van der Waals surface area contributed by atoms with Gasteiger partial charge < -0.3 is 23.9 Å². The smallest absolute Gasteiger partial charge is 0.244 e. The van der Waals surface area contributed by atoms with Crippen molar-refractivity contribution in [3.63, 3.8) is 0 Å². The molecule has 6 heteroatoms. The van der Waals surface area contributed by atoms with Gasteiger partial charge in [-0.3, -0.25) is 4.79 Å². The molecular weight excluding hydrogens is 442 g/mol. The number of carbonyl (C=O) groups is 1. The maximum atomic E-state index is 12.7. The summed E-state index contributed by atoms with van der Waals surface area (Å²) in [6.07, 6.45) is 3.33. The minimum Gasteiger partial charge on any atom is -0.497 e. The molecule has 0 fully saturated rings. The van der Waals surface area contributed by atoms with Crippen molar-refractivity contribution < 1.29 is 23.4 Å².